The smallest absolute Gasteiger partial charge is 0.222 e. The summed E-state index contributed by atoms with van der Waals surface area (Å²) in [6.07, 6.45) is 0. The summed E-state index contributed by atoms with van der Waals surface area (Å²) in [6, 6.07) is 12.2. The standard InChI is InChI=1S/C21H20N4O4/c1-2-27-14-5-3-4-13(10-14)19(26)17-18(24-21(23)25-20(17)22)12-6-7-15-16(11-12)29-9-8-28-15/h3-7,10-11H,2,8-9H2,1H3,(H4,22,23,24,25). The van der Waals surface area contributed by atoms with Crippen molar-refractivity contribution in [3.63, 3.8) is 0 Å². The van der Waals surface area contributed by atoms with Crippen molar-refractivity contribution in [3.05, 3.63) is 53.6 Å². The van der Waals surface area contributed by atoms with E-state index in [1.54, 1.807) is 42.5 Å². The van der Waals surface area contributed by atoms with Gasteiger partial charge in [-0.15, -0.1) is 0 Å². The van der Waals surface area contributed by atoms with Gasteiger partial charge in [-0.1, -0.05) is 12.1 Å². The van der Waals surface area contributed by atoms with Gasteiger partial charge in [0.15, 0.2) is 17.3 Å². The van der Waals surface area contributed by atoms with Crippen LogP contribution in [0.1, 0.15) is 22.8 Å². The molecule has 8 nitrogen and oxygen atoms in total. The van der Waals surface area contributed by atoms with Gasteiger partial charge in [-0.2, -0.15) is 4.98 Å². The normalized spacial score (nSPS) is 12.4. The van der Waals surface area contributed by atoms with E-state index in [4.69, 9.17) is 25.7 Å². The highest BCUT2D eigenvalue weighted by atomic mass is 16.6. The van der Waals surface area contributed by atoms with Crippen LogP contribution >= 0.6 is 0 Å². The minimum atomic E-state index is -0.325. The van der Waals surface area contributed by atoms with Crippen LogP contribution in [0.5, 0.6) is 17.2 Å². The maximum Gasteiger partial charge on any atom is 0.222 e. The van der Waals surface area contributed by atoms with Crippen LogP contribution in [0.2, 0.25) is 0 Å². The molecule has 29 heavy (non-hydrogen) atoms. The second-order valence-corrected chi connectivity index (χ2v) is 6.34. The average molecular weight is 392 g/mol. The summed E-state index contributed by atoms with van der Waals surface area (Å²) >= 11 is 0. The lowest BCUT2D eigenvalue weighted by Gasteiger charge is -2.19. The summed E-state index contributed by atoms with van der Waals surface area (Å²) < 4.78 is 16.7. The third-order valence-electron chi connectivity index (χ3n) is 4.40. The number of ketones is 1. The molecule has 0 spiro atoms. The van der Waals surface area contributed by atoms with Crippen LogP contribution in [0.4, 0.5) is 11.8 Å². The molecule has 0 radical (unpaired) electrons. The minimum Gasteiger partial charge on any atom is -0.494 e. The van der Waals surface area contributed by atoms with Crippen LogP contribution in [0.25, 0.3) is 11.3 Å². The van der Waals surface area contributed by atoms with Gasteiger partial charge in [0, 0.05) is 11.1 Å². The van der Waals surface area contributed by atoms with Gasteiger partial charge in [0.2, 0.25) is 5.95 Å². The van der Waals surface area contributed by atoms with Gasteiger partial charge in [-0.3, -0.25) is 4.79 Å². The number of nitrogens with zero attached hydrogens (tertiary/aromatic N) is 2. The summed E-state index contributed by atoms with van der Waals surface area (Å²) in [5.41, 5.74) is 13.4. The van der Waals surface area contributed by atoms with Crippen LogP contribution < -0.4 is 25.7 Å². The Kier molecular flexibility index (Phi) is 4.90. The van der Waals surface area contributed by atoms with Crippen molar-refractivity contribution in [2.24, 2.45) is 0 Å². The predicted octanol–water partition coefficient (Wildman–Crippen LogP) is 2.71. The van der Waals surface area contributed by atoms with Crippen LogP contribution in [-0.4, -0.2) is 35.6 Å². The minimum absolute atomic E-state index is 0.00852. The first kappa shape index (κ1) is 18.5. The monoisotopic (exact) mass is 392 g/mol. The number of rotatable bonds is 5. The van der Waals surface area contributed by atoms with E-state index in [0.717, 1.165) is 0 Å². The lowest BCUT2D eigenvalue weighted by atomic mass is 9.98. The van der Waals surface area contributed by atoms with E-state index < -0.39 is 0 Å². The SMILES string of the molecule is CCOc1cccc(C(=O)c2c(N)nc(N)nc2-c2ccc3c(c2)OCCO3)c1. The molecule has 4 rings (SSSR count). The molecular weight excluding hydrogens is 372 g/mol. The maximum absolute atomic E-state index is 13.3. The summed E-state index contributed by atoms with van der Waals surface area (Å²) in [5, 5.41) is 0. The van der Waals surface area contributed by atoms with Crippen molar-refractivity contribution < 1.29 is 19.0 Å². The molecule has 2 aromatic carbocycles. The first-order valence-electron chi connectivity index (χ1n) is 9.17. The average Bonchev–Trinajstić information content (AvgIpc) is 2.73. The Bertz CT molecular complexity index is 1080. The summed E-state index contributed by atoms with van der Waals surface area (Å²) in [7, 11) is 0. The zero-order valence-corrected chi connectivity index (χ0v) is 15.8. The van der Waals surface area contributed by atoms with Crippen LogP contribution in [0, 0.1) is 0 Å². The fraction of sp³-hybridized carbons (Fsp3) is 0.190. The van der Waals surface area contributed by atoms with E-state index in [1.165, 1.54) is 0 Å². The molecule has 8 heteroatoms. The topological polar surface area (TPSA) is 123 Å². The zero-order valence-electron chi connectivity index (χ0n) is 15.8. The van der Waals surface area contributed by atoms with Gasteiger partial charge in [0.1, 0.15) is 24.8 Å². The molecule has 0 saturated carbocycles. The number of hydrogen-bond donors (Lipinski definition) is 2. The number of nitrogen functional groups attached to an aromatic ring is 2. The Morgan fingerprint density at radius 1 is 1.07 bits per heavy atom. The van der Waals surface area contributed by atoms with E-state index in [-0.39, 0.29) is 23.1 Å². The number of benzene rings is 2. The molecule has 0 fully saturated rings. The molecule has 0 amide bonds. The quantitative estimate of drug-likeness (QED) is 0.636. The van der Waals surface area contributed by atoms with Gasteiger partial charge in [0.05, 0.1) is 17.9 Å². The van der Waals surface area contributed by atoms with E-state index in [0.29, 0.717) is 53.9 Å². The summed E-state index contributed by atoms with van der Waals surface area (Å²) in [4.78, 5) is 21.6. The molecule has 1 aromatic heterocycles. The fourth-order valence-electron chi connectivity index (χ4n) is 3.16. The Hall–Kier alpha value is -3.81. The molecule has 0 bridgehead atoms. The third-order valence-corrected chi connectivity index (χ3v) is 4.40. The molecule has 0 aliphatic carbocycles. The summed E-state index contributed by atoms with van der Waals surface area (Å²) in [5.74, 6) is 1.46. The zero-order chi connectivity index (χ0) is 20.4. The van der Waals surface area contributed by atoms with Crippen molar-refractivity contribution in [2.45, 2.75) is 6.92 Å². The number of fused-ring (bicyclic) bond motifs is 1. The number of hydrogen-bond acceptors (Lipinski definition) is 8. The van der Waals surface area contributed by atoms with Crippen molar-refractivity contribution in [1.82, 2.24) is 9.97 Å². The molecule has 0 unspecified atom stereocenters. The van der Waals surface area contributed by atoms with Crippen molar-refractivity contribution in [1.29, 1.82) is 0 Å². The first-order valence-corrected chi connectivity index (χ1v) is 9.17. The molecule has 1 aliphatic rings. The lowest BCUT2D eigenvalue weighted by Crippen LogP contribution is -2.16. The van der Waals surface area contributed by atoms with Crippen molar-refractivity contribution in [3.8, 4) is 28.5 Å². The highest BCUT2D eigenvalue weighted by Gasteiger charge is 2.23. The maximum atomic E-state index is 13.3. The Balaban J connectivity index is 1.82. The van der Waals surface area contributed by atoms with Crippen LogP contribution in [-0.2, 0) is 0 Å². The van der Waals surface area contributed by atoms with E-state index in [1.807, 2.05) is 6.92 Å². The van der Waals surface area contributed by atoms with Crippen molar-refractivity contribution in [2.75, 3.05) is 31.3 Å². The first-order chi connectivity index (χ1) is 14.1. The summed E-state index contributed by atoms with van der Waals surface area (Å²) in [6.45, 7) is 3.30. The lowest BCUT2D eigenvalue weighted by molar-refractivity contribution is 0.103. The number of nitrogens with two attached hydrogens (primary N) is 2. The van der Waals surface area contributed by atoms with Crippen LogP contribution in [0.3, 0.4) is 0 Å². The van der Waals surface area contributed by atoms with Crippen molar-refractivity contribution >= 4 is 17.5 Å². The highest BCUT2D eigenvalue weighted by Crippen LogP contribution is 2.36. The molecule has 148 valence electrons. The van der Waals surface area contributed by atoms with Gasteiger partial charge >= 0.3 is 0 Å². The molecule has 2 heterocycles. The number of carbonyl (C=O) groups excluding carboxylic acids is 1. The third kappa shape index (κ3) is 3.64. The Morgan fingerprint density at radius 2 is 1.86 bits per heavy atom. The van der Waals surface area contributed by atoms with Gasteiger partial charge in [0.25, 0.3) is 0 Å². The van der Waals surface area contributed by atoms with E-state index in [2.05, 4.69) is 9.97 Å². The van der Waals surface area contributed by atoms with Crippen LogP contribution in [0.15, 0.2) is 42.5 Å². The molecule has 3 aromatic rings. The molecule has 0 saturated heterocycles. The number of aromatic nitrogens is 2. The van der Waals surface area contributed by atoms with Gasteiger partial charge in [-0.25, -0.2) is 4.98 Å². The number of carbonyl (C=O) groups is 1. The molecule has 0 atom stereocenters. The molecule has 4 N–H and O–H groups in total. The molecular formula is C21H20N4O4. The number of anilines is 2. The Labute approximate surface area is 167 Å². The van der Waals surface area contributed by atoms with E-state index >= 15 is 0 Å². The van der Waals surface area contributed by atoms with Gasteiger partial charge < -0.3 is 25.7 Å². The Morgan fingerprint density at radius 3 is 2.66 bits per heavy atom. The van der Waals surface area contributed by atoms with E-state index in [9.17, 15) is 4.79 Å². The second-order valence-electron chi connectivity index (χ2n) is 6.34. The largest absolute Gasteiger partial charge is 0.494 e. The predicted molar refractivity (Wildman–Crippen MR) is 108 cm³/mol. The highest BCUT2D eigenvalue weighted by molar-refractivity contribution is 6.15. The van der Waals surface area contributed by atoms with Gasteiger partial charge in [-0.05, 0) is 37.3 Å². The fourth-order valence-corrected chi connectivity index (χ4v) is 3.16. The number of ether oxygens (including phenoxy) is 3. The second kappa shape index (κ2) is 7.67. The molecule has 1 aliphatic heterocycles.